The standard InChI is InChI=1S/C18H21NO4/c1-12(2)16(18(21)22)10-19-17(20)11-23-15-8-7-13-5-3-4-6-14(13)9-15/h3-9,12,16H,10-11H2,1-2H3,(H,19,20)(H,21,22). The van der Waals surface area contributed by atoms with Crippen molar-refractivity contribution in [1.82, 2.24) is 5.32 Å². The van der Waals surface area contributed by atoms with Gasteiger partial charge in [-0.15, -0.1) is 0 Å². The summed E-state index contributed by atoms with van der Waals surface area (Å²) in [5.74, 6) is -1.27. The van der Waals surface area contributed by atoms with Crippen LogP contribution in [-0.4, -0.2) is 30.1 Å². The largest absolute Gasteiger partial charge is 0.484 e. The van der Waals surface area contributed by atoms with Gasteiger partial charge in [-0.1, -0.05) is 44.2 Å². The van der Waals surface area contributed by atoms with Crippen LogP contribution in [0.5, 0.6) is 5.75 Å². The van der Waals surface area contributed by atoms with E-state index < -0.39 is 11.9 Å². The number of carbonyl (C=O) groups is 2. The van der Waals surface area contributed by atoms with Crippen LogP contribution in [0.3, 0.4) is 0 Å². The average Bonchev–Trinajstić information content (AvgIpc) is 2.52. The SMILES string of the molecule is CC(C)C(CNC(=O)COc1ccc2ccccc2c1)C(=O)O. The van der Waals surface area contributed by atoms with Gasteiger partial charge in [0, 0.05) is 6.54 Å². The number of rotatable bonds is 7. The molecule has 0 saturated heterocycles. The molecular weight excluding hydrogens is 294 g/mol. The van der Waals surface area contributed by atoms with Crippen LogP contribution in [0.2, 0.25) is 0 Å². The molecule has 0 aromatic heterocycles. The van der Waals surface area contributed by atoms with Crippen molar-refractivity contribution in [3.8, 4) is 5.75 Å². The number of carbonyl (C=O) groups excluding carboxylic acids is 1. The molecule has 0 aliphatic rings. The number of ether oxygens (including phenoxy) is 1. The monoisotopic (exact) mass is 315 g/mol. The van der Waals surface area contributed by atoms with Crippen LogP contribution in [0.25, 0.3) is 10.8 Å². The highest BCUT2D eigenvalue weighted by Gasteiger charge is 2.21. The lowest BCUT2D eigenvalue weighted by Crippen LogP contribution is -2.37. The maximum atomic E-state index is 11.8. The third kappa shape index (κ3) is 4.71. The maximum absolute atomic E-state index is 11.8. The molecule has 0 radical (unpaired) electrons. The zero-order chi connectivity index (χ0) is 16.8. The van der Waals surface area contributed by atoms with E-state index in [2.05, 4.69) is 5.32 Å². The van der Waals surface area contributed by atoms with Crippen molar-refractivity contribution in [2.75, 3.05) is 13.2 Å². The van der Waals surface area contributed by atoms with Gasteiger partial charge in [-0.25, -0.2) is 0 Å². The maximum Gasteiger partial charge on any atom is 0.308 e. The molecule has 0 bridgehead atoms. The van der Waals surface area contributed by atoms with E-state index in [1.54, 1.807) is 0 Å². The molecule has 122 valence electrons. The van der Waals surface area contributed by atoms with Gasteiger partial charge in [0.15, 0.2) is 6.61 Å². The first-order valence-corrected chi connectivity index (χ1v) is 7.58. The fourth-order valence-corrected chi connectivity index (χ4v) is 2.29. The summed E-state index contributed by atoms with van der Waals surface area (Å²) in [6.07, 6.45) is 0. The molecule has 2 rings (SSSR count). The molecule has 2 N–H and O–H groups in total. The van der Waals surface area contributed by atoms with Gasteiger partial charge in [-0.05, 0) is 28.8 Å². The molecule has 2 aromatic rings. The summed E-state index contributed by atoms with van der Waals surface area (Å²) in [5, 5.41) is 13.8. The number of benzene rings is 2. The fourth-order valence-electron chi connectivity index (χ4n) is 2.29. The van der Waals surface area contributed by atoms with Crippen LogP contribution >= 0.6 is 0 Å². The van der Waals surface area contributed by atoms with Crippen LogP contribution in [0.4, 0.5) is 0 Å². The summed E-state index contributed by atoms with van der Waals surface area (Å²) in [6, 6.07) is 13.5. The Balaban J connectivity index is 1.87. The van der Waals surface area contributed by atoms with Crippen LogP contribution in [0, 0.1) is 11.8 Å². The molecule has 0 saturated carbocycles. The molecule has 0 heterocycles. The topological polar surface area (TPSA) is 75.6 Å². The molecule has 0 aliphatic carbocycles. The Morgan fingerprint density at radius 2 is 1.83 bits per heavy atom. The third-order valence-electron chi connectivity index (χ3n) is 3.73. The molecule has 5 nitrogen and oxygen atoms in total. The first-order valence-electron chi connectivity index (χ1n) is 7.58. The number of hydrogen-bond acceptors (Lipinski definition) is 3. The first-order chi connectivity index (χ1) is 11.0. The molecule has 2 aromatic carbocycles. The summed E-state index contributed by atoms with van der Waals surface area (Å²) >= 11 is 0. The minimum atomic E-state index is -0.907. The van der Waals surface area contributed by atoms with Crippen molar-refractivity contribution in [2.45, 2.75) is 13.8 Å². The van der Waals surface area contributed by atoms with Gasteiger partial charge in [0.1, 0.15) is 5.75 Å². The van der Waals surface area contributed by atoms with Gasteiger partial charge in [0.05, 0.1) is 5.92 Å². The lowest BCUT2D eigenvalue weighted by molar-refractivity contribution is -0.143. The minimum Gasteiger partial charge on any atom is -0.484 e. The average molecular weight is 315 g/mol. The van der Waals surface area contributed by atoms with E-state index in [0.717, 1.165) is 10.8 Å². The normalized spacial score (nSPS) is 12.1. The third-order valence-corrected chi connectivity index (χ3v) is 3.73. The van der Waals surface area contributed by atoms with Crippen molar-refractivity contribution in [3.05, 3.63) is 42.5 Å². The van der Waals surface area contributed by atoms with E-state index in [0.29, 0.717) is 5.75 Å². The van der Waals surface area contributed by atoms with Crippen LogP contribution in [0.15, 0.2) is 42.5 Å². The van der Waals surface area contributed by atoms with Gasteiger partial charge in [-0.2, -0.15) is 0 Å². The summed E-state index contributed by atoms with van der Waals surface area (Å²) < 4.78 is 5.47. The number of fused-ring (bicyclic) bond motifs is 1. The van der Waals surface area contributed by atoms with E-state index in [1.165, 1.54) is 0 Å². The van der Waals surface area contributed by atoms with Crippen molar-refractivity contribution in [2.24, 2.45) is 11.8 Å². The Hall–Kier alpha value is -2.56. The highest BCUT2D eigenvalue weighted by Crippen LogP contribution is 2.20. The number of nitrogens with one attached hydrogen (secondary N) is 1. The molecule has 1 amide bonds. The predicted molar refractivity (Wildman–Crippen MR) is 88.4 cm³/mol. The Kier molecular flexibility index (Phi) is 5.57. The summed E-state index contributed by atoms with van der Waals surface area (Å²) in [7, 11) is 0. The van der Waals surface area contributed by atoms with E-state index in [9.17, 15) is 9.59 Å². The predicted octanol–water partition coefficient (Wildman–Crippen LogP) is 2.69. The lowest BCUT2D eigenvalue weighted by atomic mass is 9.96. The van der Waals surface area contributed by atoms with E-state index >= 15 is 0 Å². The summed E-state index contributed by atoms with van der Waals surface area (Å²) in [4.78, 5) is 22.9. The number of hydrogen-bond donors (Lipinski definition) is 2. The Labute approximate surface area is 135 Å². The Bertz CT molecular complexity index is 696. The van der Waals surface area contributed by atoms with E-state index in [1.807, 2.05) is 56.3 Å². The van der Waals surface area contributed by atoms with Crippen molar-refractivity contribution in [3.63, 3.8) is 0 Å². The van der Waals surface area contributed by atoms with Crippen LogP contribution in [-0.2, 0) is 9.59 Å². The molecular formula is C18H21NO4. The molecule has 0 aliphatic heterocycles. The smallest absolute Gasteiger partial charge is 0.308 e. The highest BCUT2D eigenvalue weighted by atomic mass is 16.5. The minimum absolute atomic E-state index is 0.0470. The van der Waals surface area contributed by atoms with Crippen molar-refractivity contribution < 1.29 is 19.4 Å². The van der Waals surface area contributed by atoms with E-state index in [4.69, 9.17) is 9.84 Å². The fraction of sp³-hybridized carbons (Fsp3) is 0.333. The zero-order valence-electron chi connectivity index (χ0n) is 13.3. The second kappa shape index (κ2) is 7.63. The van der Waals surface area contributed by atoms with E-state index in [-0.39, 0.29) is 25.0 Å². The van der Waals surface area contributed by atoms with Crippen LogP contribution < -0.4 is 10.1 Å². The second-order valence-electron chi connectivity index (χ2n) is 5.79. The molecule has 0 spiro atoms. The zero-order valence-corrected chi connectivity index (χ0v) is 13.3. The number of amides is 1. The van der Waals surface area contributed by atoms with Gasteiger partial charge in [0.2, 0.25) is 0 Å². The summed E-state index contributed by atoms with van der Waals surface area (Å²) in [5.41, 5.74) is 0. The quantitative estimate of drug-likeness (QED) is 0.823. The van der Waals surface area contributed by atoms with Gasteiger partial charge < -0.3 is 15.2 Å². The molecule has 1 unspecified atom stereocenters. The molecule has 5 heteroatoms. The first kappa shape index (κ1) is 16.8. The Morgan fingerprint density at radius 3 is 2.48 bits per heavy atom. The molecule has 0 fully saturated rings. The highest BCUT2D eigenvalue weighted by molar-refractivity contribution is 5.84. The second-order valence-corrected chi connectivity index (χ2v) is 5.79. The summed E-state index contributed by atoms with van der Waals surface area (Å²) in [6.45, 7) is 3.60. The van der Waals surface area contributed by atoms with Gasteiger partial charge in [-0.3, -0.25) is 9.59 Å². The van der Waals surface area contributed by atoms with Gasteiger partial charge in [0.25, 0.3) is 5.91 Å². The number of carboxylic acids is 1. The van der Waals surface area contributed by atoms with Crippen LogP contribution in [0.1, 0.15) is 13.8 Å². The number of carboxylic acid groups (broad SMARTS) is 1. The van der Waals surface area contributed by atoms with Gasteiger partial charge >= 0.3 is 5.97 Å². The lowest BCUT2D eigenvalue weighted by Gasteiger charge is -2.16. The molecule has 23 heavy (non-hydrogen) atoms. The number of aliphatic carboxylic acids is 1. The molecule has 1 atom stereocenters. The van der Waals surface area contributed by atoms with Crippen molar-refractivity contribution >= 4 is 22.6 Å². The Morgan fingerprint density at radius 1 is 1.13 bits per heavy atom. The van der Waals surface area contributed by atoms with Crippen molar-refractivity contribution in [1.29, 1.82) is 0 Å².